The average Bonchev–Trinajstić information content (AvgIpc) is 3.32. The van der Waals surface area contributed by atoms with Crippen LogP contribution in [0, 0.1) is 0 Å². The fourth-order valence-electron chi connectivity index (χ4n) is 3.26. The van der Waals surface area contributed by atoms with Gasteiger partial charge in [-0.2, -0.15) is 5.10 Å². The van der Waals surface area contributed by atoms with Crippen molar-refractivity contribution in [3.05, 3.63) is 36.8 Å². The molecule has 7 heteroatoms. The Morgan fingerprint density at radius 3 is 2.81 bits per heavy atom. The van der Waals surface area contributed by atoms with Gasteiger partial charge in [0.25, 0.3) is 0 Å². The van der Waals surface area contributed by atoms with Crippen molar-refractivity contribution in [2.24, 2.45) is 0 Å². The van der Waals surface area contributed by atoms with E-state index in [0.717, 1.165) is 54.5 Å². The molecule has 1 N–H and O–H groups in total. The predicted molar refractivity (Wildman–Crippen MR) is 101 cm³/mol. The summed E-state index contributed by atoms with van der Waals surface area (Å²) in [5, 5.41) is 8.07. The van der Waals surface area contributed by atoms with E-state index in [1.54, 1.807) is 6.20 Å². The molecule has 0 bridgehead atoms. The number of nitrogens with zero attached hydrogens (tertiary/aromatic N) is 5. The van der Waals surface area contributed by atoms with Crippen LogP contribution >= 0.6 is 0 Å². The van der Waals surface area contributed by atoms with Crippen LogP contribution in [0.5, 0.6) is 0 Å². The normalized spacial score (nSPS) is 14.8. The molecule has 1 aromatic carbocycles. The molecule has 3 aromatic rings. The molecule has 1 saturated heterocycles. The van der Waals surface area contributed by atoms with Crippen molar-refractivity contribution < 1.29 is 4.79 Å². The number of rotatable bonds is 5. The highest BCUT2D eigenvalue weighted by Crippen LogP contribution is 2.23. The Bertz CT molecular complexity index is 929. The van der Waals surface area contributed by atoms with Gasteiger partial charge < -0.3 is 0 Å². The van der Waals surface area contributed by atoms with Crippen LogP contribution in [-0.4, -0.2) is 50.2 Å². The van der Waals surface area contributed by atoms with Crippen molar-refractivity contribution in [2.75, 3.05) is 25.0 Å². The summed E-state index contributed by atoms with van der Waals surface area (Å²) in [6.07, 6.45) is 7.94. The van der Waals surface area contributed by atoms with Gasteiger partial charge in [-0.1, -0.05) is 12.1 Å². The van der Waals surface area contributed by atoms with Gasteiger partial charge >= 0.3 is 0 Å². The fraction of sp³-hybridized carbons (Fsp3) is 0.368. The Morgan fingerprint density at radius 1 is 1.19 bits per heavy atom. The molecule has 0 unspecified atom stereocenters. The number of fused-ring (bicyclic) bond motifs is 1. The Hall–Kier alpha value is -2.80. The number of aromatic nitrogens is 4. The van der Waals surface area contributed by atoms with Crippen molar-refractivity contribution in [1.29, 1.82) is 0 Å². The molecule has 0 atom stereocenters. The molecule has 1 aliphatic rings. The van der Waals surface area contributed by atoms with Crippen molar-refractivity contribution >= 4 is 22.8 Å². The molecular formula is C19H22N6O. The summed E-state index contributed by atoms with van der Waals surface area (Å²) in [4.78, 5) is 23.1. The zero-order chi connectivity index (χ0) is 17.9. The zero-order valence-corrected chi connectivity index (χ0v) is 14.9. The molecule has 0 radical (unpaired) electrons. The number of likely N-dealkylation sites (tertiary alicyclic amines) is 1. The van der Waals surface area contributed by atoms with Gasteiger partial charge in [0, 0.05) is 29.9 Å². The number of nitrogens with one attached hydrogen (secondary N) is 1. The lowest BCUT2D eigenvalue weighted by Crippen LogP contribution is -2.31. The van der Waals surface area contributed by atoms with E-state index in [1.807, 2.05) is 35.3 Å². The summed E-state index contributed by atoms with van der Waals surface area (Å²) in [7, 11) is 0. The second-order valence-corrected chi connectivity index (χ2v) is 6.58. The summed E-state index contributed by atoms with van der Waals surface area (Å²) in [5.41, 5.74) is 2.90. The topological polar surface area (TPSA) is 75.9 Å². The second kappa shape index (κ2) is 7.21. The first-order chi connectivity index (χ1) is 12.7. The molecule has 0 saturated carbocycles. The number of hydrogen-bond acceptors (Lipinski definition) is 5. The van der Waals surface area contributed by atoms with Crippen LogP contribution in [0.4, 0.5) is 5.95 Å². The average molecular weight is 350 g/mol. The molecule has 1 aliphatic heterocycles. The minimum Gasteiger partial charge on any atom is -0.295 e. The molecule has 2 aromatic heterocycles. The molecule has 7 nitrogen and oxygen atoms in total. The van der Waals surface area contributed by atoms with Gasteiger partial charge in [-0.25, -0.2) is 9.97 Å². The maximum atomic E-state index is 12.2. The van der Waals surface area contributed by atoms with Gasteiger partial charge in [0.05, 0.1) is 18.3 Å². The van der Waals surface area contributed by atoms with Crippen LogP contribution in [0.1, 0.15) is 19.8 Å². The van der Waals surface area contributed by atoms with Crippen LogP contribution in [-0.2, 0) is 11.3 Å². The van der Waals surface area contributed by atoms with Crippen LogP contribution in [0.25, 0.3) is 22.0 Å². The monoisotopic (exact) mass is 350 g/mol. The molecule has 0 spiro atoms. The van der Waals surface area contributed by atoms with Crippen molar-refractivity contribution in [2.45, 2.75) is 26.3 Å². The maximum Gasteiger partial charge on any atom is 0.240 e. The summed E-state index contributed by atoms with van der Waals surface area (Å²) in [6.45, 7) is 5.27. The second-order valence-electron chi connectivity index (χ2n) is 6.58. The van der Waals surface area contributed by atoms with E-state index in [-0.39, 0.29) is 5.91 Å². The van der Waals surface area contributed by atoms with E-state index < -0.39 is 0 Å². The van der Waals surface area contributed by atoms with E-state index in [9.17, 15) is 4.79 Å². The first-order valence-corrected chi connectivity index (χ1v) is 9.03. The third kappa shape index (κ3) is 3.57. The summed E-state index contributed by atoms with van der Waals surface area (Å²) in [5.74, 6) is 0.287. The van der Waals surface area contributed by atoms with Gasteiger partial charge in [-0.15, -0.1) is 0 Å². The molecule has 134 valence electrons. The highest BCUT2D eigenvalue weighted by molar-refractivity contribution is 5.92. The standard InChI is InChI=1S/C19H22N6O/c1-2-25-12-16(11-21-25)14-5-6-15-10-20-19(22-17(15)9-14)23-18(26)13-24-7-3-4-8-24/h5-6,9-12H,2-4,7-8,13H2,1H3,(H,20,22,23,26). The van der Waals surface area contributed by atoms with Gasteiger partial charge in [-0.3, -0.25) is 19.7 Å². The first-order valence-electron chi connectivity index (χ1n) is 9.03. The predicted octanol–water partition coefficient (Wildman–Crippen LogP) is 2.55. The quantitative estimate of drug-likeness (QED) is 0.765. The molecule has 26 heavy (non-hydrogen) atoms. The number of aryl methyl sites for hydroxylation is 1. The SMILES string of the molecule is CCn1cc(-c2ccc3cnc(NC(=O)CN4CCCC4)nc3c2)cn1. The van der Waals surface area contributed by atoms with E-state index in [0.29, 0.717) is 12.5 Å². The third-order valence-electron chi connectivity index (χ3n) is 4.69. The summed E-state index contributed by atoms with van der Waals surface area (Å²) < 4.78 is 1.89. The minimum absolute atomic E-state index is 0.0633. The van der Waals surface area contributed by atoms with Gasteiger partial charge in [0.1, 0.15) is 0 Å². The number of anilines is 1. The van der Waals surface area contributed by atoms with Crippen LogP contribution < -0.4 is 5.32 Å². The fourth-order valence-corrected chi connectivity index (χ4v) is 3.26. The summed E-state index contributed by atoms with van der Waals surface area (Å²) >= 11 is 0. The van der Waals surface area contributed by atoms with E-state index in [4.69, 9.17) is 0 Å². The van der Waals surface area contributed by atoms with E-state index in [1.165, 1.54) is 0 Å². The highest BCUT2D eigenvalue weighted by Gasteiger charge is 2.16. The largest absolute Gasteiger partial charge is 0.295 e. The smallest absolute Gasteiger partial charge is 0.240 e. The van der Waals surface area contributed by atoms with Crippen molar-refractivity contribution in [1.82, 2.24) is 24.6 Å². The summed E-state index contributed by atoms with van der Waals surface area (Å²) in [6, 6.07) is 6.03. The van der Waals surface area contributed by atoms with E-state index >= 15 is 0 Å². The number of hydrogen-bond donors (Lipinski definition) is 1. The van der Waals surface area contributed by atoms with Crippen LogP contribution in [0.15, 0.2) is 36.8 Å². The number of carbonyl (C=O) groups excluding carboxylic acids is 1. The van der Waals surface area contributed by atoms with Crippen LogP contribution in [0.3, 0.4) is 0 Å². The Kier molecular flexibility index (Phi) is 4.62. The van der Waals surface area contributed by atoms with Gasteiger partial charge in [0.2, 0.25) is 11.9 Å². The first kappa shape index (κ1) is 16.7. The molecule has 3 heterocycles. The number of amides is 1. The van der Waals surface area contributed by atoms with Crippen molar-refractivity contribution in [3.63, 3.8) is 0 Å². The van der Waals surface area contributed by atoms with Gasteiger partial charge in [0.15, 0.2) is 0 Å². The molecule has 0 aliphatic carbocycles. The van der Waals surface area contributed by atoms with Crippen LogP contribution in [0.2, 0.25) is 0 Å². The lowest BCUT2D eigenvalue weighted by Gasteiger charge is -2.13. The Labute approximate surface area is 152 Å². The lowest BCUT2D eigenvalue weighted by molar-refractivity contribution is -0.117. The molecule has 1 amide bonds. The molecular weight excluding hydrogens is 328 g/mol. The number of benzene rings is 1. The van der Waals surface area contributed by atoms with Gasteiger partial charge in [-0.05, 0) is 44.5 Å². The Morgan fingerprint density at radius 2 is 2.04 bits per heavy atom. The van der Waals surface area contributed by atoms with Crippen molar-refractivity contribution in [3.8, 4) is 11.1 Å². The molecule has 4 rings (SSSR count). The van der Waals surface area contributed by atoms with E-state index in [2.05, 4.69) is 32.2 Å². The number of carbonyl (C=O) groups is 1. The lowest BCUT2D eigenvalue weighted by atomic mass is 10.1. The highest BCUT2D eigenvalue weighted by atomic mass is 16.2. The molecule has 1 fully saturated rings. The Balaban J connectivity index is 1.54. The minimum atomic E-state index is -0.0633. The third-order valence-corrected chi connectivity index (χ3v) is 4.69. The maximum absolute atomic E-state index is 12.2. The zero-order valence-electron chi connectivity index (χ0n) is 14.9.